The maximum absolute atomic E-state index is 11.7. The highest BCUT2D eigenvalue weighted by atomic mass is 32.2. The molecule has 0 saturated carbocycles. The second-order valence-corrected chi connectivity index (χ2v) is 6.71. The lowest BCUT2D eigenvalue weighted by molar-refractivity contribution is -0.140. The van der Waals surface area contributed by atoms with Gasteiger partial charge in [-0.05, 0) is 24.8 Å². The van der Waals surface area contributed by atoms with Crippen LogP contribution in [0.5, 0.6) is 0 Å². The zero-order valence-electron chi connectivity index (χ0n) is 10.4. The molecule has 0 radical (unpaired) electrons. The summed E-state index contributed by atoms with van der Waals surface area (Å²) in [4.78, 5) is 11.8. The van der Waals surface area contributed by atoms with Crippen LogP contribution in [0.15, 0.2) is 17.5 Å². The molecule has 0 aliphatic carbocycles. The predicted molar refractivity (Wildman–Crippen MR) is 70.9 cm³/mol. The second kappa shape index (κ2) is 6.86. The van der Waals surface area contributed by atoms with E-state index in [1.807, 2.05) is 17.5 Å². The Morgan fingerprint density at radius 2 is 2.28 bits per heavy atom. The lowest BCUT2D eigenvalue weighted by atomic mass is 10.3. The number of methoxy groups -OCH3 is 1. The molecule has 18 heavy (non-hydrogen) atoms. The maximum Gasteiger partial charge on any atom is 0.305 e. The molecule has 1 heterocycles. The van der Waals surface area contributed by atoms with Crippen LogP contribution in [0.3, 0.4) is 0 Å². The molecule has 0 amide bonds. The van der Waals surface area contributed by atoms with Crippen LogP contribution >= 0.6 is 11.3 Å². The van der Waals surface area contributed by atoms with E-state index >= 15 is 0 Å². The van der Waals surface area contributed by atoms with Crippen LogP contribution in [0.2, 0.25) is 0 Å². The monoisotopic (exact) mass is 291 g/mol. The molecular formula is C11H17NO4S2. The van der Waals surface area contributed by atoms with Gasteiger partial charge in [0.1, 0.15) is 0 Å². The fraction of sp³-hybridized carbons (Fsp3) is 0.545. The van der Waals surface area contributed by atoms with Crippen LogP contribution in [0.4, 0.5) is 0 Å². The minimum atomic E-state index is -3.36. The van der Waals surface area contributed by atoms with Gasteiger partial charge in [-0.3, -0.25) is 4.79 Å². The Morgan fingerprint density at radius 1 is 1.56 bits per heavy atom. The molecule has 0 aromatic carbocycles. The number of nitrogens with one attached hydrogen (secondary N) is 1. The summed E-state index contributed by atoms with van der Waals surface area (Å²) in [5.74, 6) is -0.464. The van der Waals surface area contributed by atoms with Crippen molar-refractivity contribution in [3.8, 4) is 0 Å². The summed E-state index contributed by atoms with van der Waals surface area (Å²) in [5.41, 5.74) is 0. The fourth-order valence-corrected chi connectivity index (χ4v) is 3.55. The quantitative estimate of drug-likeness (QED) is 0.776. The van der Waals surface area contributed by atoms with Crippen LogP contribution in [0, 0.1) is 0 Å². The number of carbonyl (C=O) groups excluding carboxylic acids is 1. The van der Waals surface area contributed by atoms with Gasteiger partial charge in [0.15, 0.2) is 0 Å². The van der Waals surface area contributed by atoms with Crippen LogP contribution in [-0.4, -0.2) is 27.2 Å². The Hall–Kier alpha value is -0.920. The molecule has 0 unspecified atom stereocenters. The first kappa shape index (κ1) is 15.1. The van der Waals surface area contributed by atoms with Crippen LogP contribution in [0.25, 0.3) is 0 Å². The van der Waals surface area contributed by atoms with Gasteiger partial charge >= 0.3 is 5.97 Å². The molecular weight excluding hydrogens is 274 g/mol. The summed E-state index contributed by atoms with van der Waals surface area (Å²) in [6.07, 6.45) is 0.379. The van der Waals surface area contributed by atoms with E-state index in [0.29, 0.717) is 0 Å². The van der Waals surface area contributed by atoms with Crippen LogP contribution in [0.1, 0.15) is 30.7 Å². The van der Waals surface area contributed by atoms with Crippen molar-refractivity contribution in [2.75, 3.05) is 12.9 Å². The molecule has 1 aromatic rings. The molecule has 102 valence electrons. The Labute approximate surface area is 111 Å². The van der Waals surface area contributed by atoms with Gasteiger partial charge in [0.05, 0.1) is 18.9 Å². The van der Waals surface area contributed by atoms with Crippen molar-refractivity contribution in [1.29, 1.82) is 0 Å². The number of hydrogen-bond acceptors (Lipinski definition) is 5. The minimum absolute atomic E-state index is 0.0716. The van der Waals surface area contributed by atoms with Crippen molar-refractivity contribution in [1.82, 2.24) is 4.72 Å². The van der Waals surface area contributed by atoms with Crippen molar-refractivity contribution in [2.24, 2.45) is 0 Å². The van der Waals surface area contributed by atoms with Crippen LogP contribution in [-0.2, 0) is 19.6 Å². The zero-order valence-corrected chi connectivity index (χ0v) is 12.0. The van der Waals surface area contributed by atoms with Gasteiger partial charge in [-0.1, -0.05) is 6.07 Å². The number of carbonyl (C=O) groups is 1. The summed E-state index contributed by atoms with van der Waals surface area (Å²) >= 11 is 1.50. The summed E-state index contributed by atoms with van der Waals surface area (Å²) in [6, 6.07) is 3.52. The highest BCUT2D eigenvalue weighted by Crippen LogP contribution is 2.19. The highest BCUT2D eigenvalue weighted by Gasteiger charge is 2.16. The zero-order chi connectivity index (χ0) is 13.6. The molecule has 0 aliphatic heterocycles. The van der Waals surface area contributed by atoms with E-state index in [2.05, 4.69) is 9.46 Å². The molecule has 0 bridgehead atoms. The smallest absolute Gasteiger partial charge is 0.305 e. The lowest BCUT2D eigenvalue weighted by Gasteiger charge is -2.12. The standard InChI is InChI=1S/C11H17NO4S2/c1-9(10-5-3-7-17-10)12-18(14,15)8-4-6-11(13)16-2/h3,5,7,9,12H,4,6,8H2,1-2H3/t9-/m1/s1. The van der Waals surface area contributed by atoms with Gasteiger partial charge in [0.2, 0.25) is 10.0 Å². The van der Waals surface area contributed by atoms with E-state index in [1.165, 1.54) is 18.4 Å². The third-order valence-electron chi connectivity index (χ3n) is 2.35. The van der Waals surface area contributed by atoms with Crippen molar-refractivity contribution in [2.45, 2.75) is 25.8 Å². The highest BCUT2D eigenvalue weighted by molar-refractivity contribution is 7.89. The molecule has 5 nitrogen and oxygen atoms in total. The molecule has 1 atom stereocenters. The number of thiophene rings is 1. The van der Waals surface area contributed by atoms with E-state index in [4.69, 9.17) is 0 Å². The molecule has 0 aliphatic rings. The Kier molecular flexibility index (Phi) is 5.77. The predicted octanol–water partition coefficient (Wildman–Crippen LogP) is 1.68. The topological polar surface area (TPSA) is 72.5 Å². The number of ether oxygens (including phenoxy) is 1. The van der Waals surface area contributed by atoms with E-state index in [0.717, 1.165) is 4.88 Å². The lowest BCUT2D eigenvalue weighted by Crippen LogP contribution is -2.29. The van der Waals surface area contributed by atoms with Gasteiger partial charge < -0.3 is 4.74 Å². The molecule has 1 rings (SSSR count). The molecule has 7 heteroatoms. The first-order chi connectivity index (χ1) is 8.44. The second-order valence-electron chi connectivity index (χ2n) is 3.85. The Balaban J connectivity index is 2.42. The number of rotatable bonds is 7. The minimum Gasteiger partial charge on any atom is -0.469 e. The first-order valence-corrected chi connectivity index (χ1v) is 8.08. The SMILES string of the molecule is COC(=O)CCCS(=O)(=O)N[C@H](C)c1cccs1. The van der Waals surface area contributed by atoms with Gasteiger partial charge in [0.25, 0.3) is 0 Å². The largest absolute Gasteiger partial charge is 0.469 e. The van der Waals surface area contributed by atoms with Crippen molar-refractivity contribution >= 4 is 27.3 Å². The average molecular weight is 291 g/mol. The molecule has 1 aromatic heterocycles. The normalized spacial score (nSPS) is 13.2. The summed E-state index contributed by atoms with van der Waals surface area (Å²) in [7, 11) is -2.08. The van der Waals surface area contributed by atoms with Crippen molar-refractivity contribution in [3.63, 3.8) is 0 Å². The van der Waals surface area contributed by atoms with Crippen molar-refractivity contribution < 1.29 is 17.9 Å². The fourth-order valence-electron chi connectivity index (χ4n) is 1.43. The summed E-state index contributed by atoms with van der Waals surface area (Å²) in [6.45, 7) is 1.80. The van der Waals surface area contributed by atoms with Crippen molar-refractivity contribution in [3.05, 3.63) is 22.4 Å². The average Bonchev–Trinajstić information content (AvgIpc) is 2.81. The Morgan fingerprint density at radius 3 is 2.83 bits per heavy atom. The molecule has 0 spiro atoms. The first-order valence-electron chi connectivity index (χ1n) is 5.55. The third-order valence-corrected chi connectivity index (χ3v) is 4.94. The van der Waals surface area contributed by atoms with Gasteiger partial charge in [-0.25, -0.2) is 13.1 Å². The summed E-state index contributed by atoms with van der Waals surface area (Å²) < 4.78 is 30.5. The van der Waals surface area contributed by atoms with E-state index in [-0.39, 0.29) is 24.6 Å². The number of sulfonamides is 1. The maximum atomic E-state index is 11.7. The van der Waals surface area contributed by atoms with E-state index in [1.54, 1.807) is 6.92 Å². The van der Waals surface area contributed by atoms with E-state index in [9.17, 15) is 13.2 Å². The van der Waals surface area contributed by atoms with Gasteiger partial charge in [-0.15, -0.1) is 11.3 Å². The summed E-state index contributed by atoms with van der Waals surface area (Å²) in [5, 5.41) is 1.90. The third kappa shape index (κ3) is 5.16. The number of esters is 1. The van der Waals surface area contributed by atoms with Crippen LogP contribution < -0.4 is 4.72 Å². The number of hydrogen-bond donors (Lipinski definition) is 1. The molecule has 0 fully saturated rings. The molecule has 0 saturated heterocycles. The van der Waals surface area contributed by atoms with E-state index < -0.39 is 16.0 Å². The molecule has 1 N–H and O–H groups in total. The van der Waals surface area contributed by atoms with Gasteiger partial charge in [0, 0.05) is 11.3 Å². The Bertz CT molecular complexity index is 467. The van der Waals surface area contributed by atoms with Gasteiger partial charge in [-0.2, -0.15) is 0 Å².